The van der Waals surface area contributed by atoms with Crippen LogP contribution in [0.3, 0.4) is 0 Å². The Kier molecular flexibility index (Phi) is 3.81. The van der Waals surface area contributed by atoms with Gasteiger partial charge in [-0.05, 0) is 60.7 Å². The van der Waals surface area contributed by atoms with E-state index in [0.717, 1.165) is 38.8 Å². The topological polar surface area (TPSA) is 70.9 Å². The zero-order valence-electron chi connectivity index (χ0n) is 16.5. The molecule has 4 aromatic rings. The predicted octanol–water partition coefficient (Wildman–Crippen LogP) is 5.27. The molecule has 2 unspecified atom stereocenters. The van der Waals surface area contributed by atoms with Crippen LogP contribution in [0.1, 0.15) is 48.9 Å². The summed E-state index contributed by atoms with van der Waals surface area (Å²) in [6, 6.07) is 9.29. The van der Waals surface area contributed by atoms with Crippen LogP contribution in [0, 0.1) is 18.7 Å². The Labute approximate surface area is 167 Å². The van der Waals surface area contributed by atoms with Gasteiger partial charge in [0.1, 0.15) is 5.82 Å². The molecule has 2 atom stereocenters. The van der Waals surface area contributed by atoms with Crippen LogP contribution in [0.15, 0.2) is 36.5 Å². The minimum Gasteiger partial charge on any atom is -0.481 e. The highest BCUT2D eigenvalue weighted by Gasteiger charge is 2.47. The van der Waals surface area contributed by atoms with E-state index in [0.29, 0.717) is 12.0 Å². The molecular formula is C23H22FN3O2. The minimum atomic E-state index is -0.745. The van der Waals surface area contributed by atoms with Gasteiger partial charge in [0.25, 0.3) is 0 Å². The lowest BCUT2D eigenvalue weighted by atomic mass is 9.98. The highest BCUT2D eigenvalue weighted by Crippen LogP contribution is 2.53. The van der Waals surface area contributed by atoms with Crippen molar-refractivity contribution in [1.82, 2.24) is 14.8 Å². The molecule has 0 bridgehead atoms. The van der Waals surface area contributed by atoms with Crippen LogP contribution >= 0.6 is 0 Å². The number of nitrogens with one attached hydrogen (secondary N) is 1. The van der Waals surface area contributed by atoms with Gasteiger partial charge in [-0.2, -0.15) is 5.10 Å². The molecule has 0 saturated heterocycles. The Bertz CT molecular complexity index is 1280. The van der Waals surface area contributed by atoms with Crippen molar-refractivity contribution in [2.45, 2.75) is 39.0 Å². The molecule has 29 heavy (non-hydrogen) atoms. The van der Waals surface area contributed by atoms with Crippen LogP contribution < -0.4 is 0 Å². The molecule has 148 valence electrons. The number of aryl methyl sites for hydroxylation is 1. The van der Waals surface area contributed by atoms with Crippen molar-refractivity contribution in [3.8, 4) is 5.69 Å². The highest BCUT2D eigenvalue weighted by atomic mass is 19.1. The number of aromatic nitrogens is 3. The van der Waals surface area contributed by atoms with E-state index < -0.39 is 5.97 Å². The van der Waals surface area contributed by atoms with Crippen molar-refractivity contribution in [3.05, 3.63) is 59.2 Å². The molecule has 5 rings (SSSR count). The van der Waals surface area contributed by atoms with Gasteiger partial charge in [0.05, 0.1) is 23.1 Å². The average Bonchev–Trinajstić information content (AvgIpc) is 3.21. The molecule has 1 fully saturated rings. The number of hydrogen-bond acceptors (Lipinski definition) is 2. The van der Waals surface area contributed by atoms with Gasteiger partial charge in [-0.25, -0.2) is 4.39 Å². The Morgan fingerprint density at radius 3 is 2.76 bits per heavy atom. The van der Waals surface area contributed by atoms with Crippen molar-refractivity contribution in [2.24, 2.45) is 5.92 Å². The van der Waals surface area contributed by atoms with Crippen molar-refractivity contribution in [2.75, 3.05) is 0 Å². The molecule has 1 saturated carbocycles. The number of H-pyrrole nitrogens is 1. The first-order valence-electron chi connectivity index (χ1n) is 9.87. The summed E-state index contributed by atoms with van der Waals surface area (Å²) in [5.74, 6) is -1.16. The fourth-order valence-corrected chi connectivity index (χ4v) is 4.56. The molecule has 0 radical (unpaired) electrons. The molecule has 2 heterocycles. The van der Waals surface area contributed by atoms with Crippen LogP contribution in [0.5, 0.6) is 0 Å². The predicted molar refractivity (Wildman–Crippen MR) is 110 cm³/mol. The van der Waals surface area contributed by atoms with Crippen molar-refractivity contribution >= 4 is 27.8 Å². The lowest BCUT2D eigenvalue weighted by Crippen LogP contribution is -2.06. The summed E-state index contributed by atoms with van der Waals surface area (Å²) in [6.45, 7) is 6.00. The average molecular weight is 391 g/mol. The maximum atomic E-state index is 14.0. The van der Waals surface area contributed by atoms with Crippen LogP contribution in [0.2, 0.25) is 0 Å². The second kappa shape index (κ2) is 6.17. The standard InChI is InChI=1S/C23H22FN3O2/c1-11(2)22-21(15-8-16(15)23(28)29)17-9-19-13(10-25-26-19)7-20(17)27(22)14-4-5-18(24)12(3)6-14/h4-7,9-11,15-16H,8H2,1-3H3,(H,25,26)(H,28,29). The van der Waals surface area contributed by atoms with Gasteiger partial charge < -0.3 is 9.67 Å². The maximum Gasteiger partial charge on any atom is 0.307 e. The number of benzene rings is 2. The zero-order chi connectivity index (χ0) is 20.4. The second-order valence-corrected chi connectivity index (χ2v) is 8.34. The van der Waals surface area contributed by atoms with E-state index in [1.165, 1.54) is 6.07 Å². The van der Waals surface area contributed by atoms with Gasteiger partial charge in [-0.15, -0.1) is 0 Å². The number of nitrogens with zero attached hydrogens (tertiary/aromatic N) is 2. The summed E-state index contributed by atoms with van der Waals surface area (Å²) >= 11 is 0. The summed E-state index contributed by atoms with van der Waals surface area (Å²) in [4.78, 5) is 11.6. The molecule has 2 N–H and O–H groups in total. The van der Waals surface area contributed by atoms with E-state index in [2.05, 4.69) is 40.7 Å². The minimum absolute atomic E-state index is 0.00410. The van der Waals surface area contributed by atoms with Crippen molar-refractivity contribution in [1.29, 1.82) is 0 Å². The number of aromatic amines is 1. The quantitative estimate of drug-likeness (QED) is 0.498. The van der Waals surface area contributed by atoms with E-state index in [4.69, 9.17) is 0 Å². The molecule has 1 aliphatic rings. The number of rotatable bonds is 4. The molecular weight excluding hydrogens is 369 g/mol. The van der Waals surface area contributed by atoms with Crippen molar-refractivity contribution in [3.63, 3.8) is 0 Å². The normalized spacial score (nSPS) is 18.8. The molecule has 0 spiro atoms. The molecule has 0 aliphatic heterocycles. The number of hydrogen-bond donors (Lipinski definition) is 2. The van der Waals surface area contributed by atoms with Gasteiger partial charge in [-0.1, -0.05) is 13.8 Å². The Hall–Kier alpha value is -3.15. The summed E-state index contributed by atoms with van der Waals surface area (Å²) in [6.07, 6.45) is 2.44. The number of carboxylic acid groups (broad SMARTS) is 1. The summed E-state index contributed by atoms with van der Waals surface area (Å²) in [5, 5.41) is 18.7. The molecule has 6 heteroatoms. The van der Waals surface area contributed by atoms with Crippen LogP contribution in [0.4, 0.5) is 4.39 Å². The number of aliphatic carboxylic acids is 1. The van der Waals surface area contributed by atoms with Gasteiger partial charge in [0.2, 0.25) is 0 Å². The third-order valence-corrected chi connectivity index (χ3v) is 6.03. The SMILES string of the molecule is Cc1cc(-n2c(C(C)C)c(C3CC3C(=O)O)c3cc4[nH]ncc4cc32)ccc1F. The van der Waals surface area contributed by atoms with Crippen LogP contribution in [0.25, 0.3) is 27.5 Å². The summed E-state index contributed by atoms with van der Waals surface area (Å²) in [5.41, 5.74) is 5.59. The molecule has 2 aromatic carbocycles. The third-order valence-electron chi connectivity index (χ3n) is 6.03. The summed E-state index contributed by atoms with van der Waals surface area (Å²) < 4.78 is 16.1. The second-order valence-electron chi connectivity index (χ2n) is 8.34. The Morgan fingerprint density at radius 2 is 2.10 bits per heavy atom. The Morgan fingerprint density at radius 1 is 1.31 bits per heavy atom. The zero-order valence-corrected chi connectivity index (χ0v) is 16.5. The van der Waals surface area contributed by atoms with E-state index in [1.54, 1.807) is 19.2 Å². The monoisotopic (exact) mass is 391 g/mol. The maximum absolute atomic E-state index is 14.0. The smallest absolute Gasteiger partial charge is 0.307 e. The fraction of sp³-hybridized carbons (Fsp3) is 0.304. The Balaban J connectivity index is 1.88. The largest absolute Gasteiger partial charge is 0.481 e. The van der Waals surface area contributed by atoms with E-state index in [1.807, 2.05) is 6.07 Å². The van der Waals surface area contributed by atoms with Crippen LogP contribution in [-0.4, -0.2) is 25.8 Å². The molecule has 0 amide bonds. The van der Waals surface area contributed by atoms with Gasteiger partial charge >= 0.3 is 5.97 Å². The number of fused-ring (bicyclic) bond motifs is 2. The van der Waals surface area contributed by atoms with Gasteiger partial charge in [0.15, 0.2) is 0 Å². The fourth-order valence-electron chi connectivity index (χ4n) is 4.56. The lowest BCUT2D eigenvalue weighted by molar-refractivity contribution is -0.138. The van der Waals surface area contributed by atoms with Gasteiger partial charge in [0, 0.05) is 28.1 Å². The van der Waals surface area contributed by atoms with E-state index in [9.17, 15) is 14.3 Å². The number of halogens is 1. The third kappa shape index (κ3) is 2.66. The first kappa shape index (κ1) is 17.9. The van der Waals surface area contributed by atoms with Gasteiger partial charge in [-0.3, -0.25) is 9.89 Å². The van der Waals surface area contributed by atoms with E-state index >= 15 is 0 Å². The summed E-state index contributed by atoms with van der Waals surface area (Å²) in [7, 11) is 0. The first-order chi connectivity index (χ1) is 13.9. The van der Waals surface area contributed by atoms with Crippen LogP contribution in [-0.2, 0) is 4.79 Å². The number of carboxylic acids is 1. The van der Waals surface area contributed by atoms with E-state index in [-0.39, 0.29) is 23.6 Å². The van der Waals surface area contributed by atoms with Crippen molar-refractivity contribution < 1.29 is 14.3 Å². The highest BCUT2D eigenvalue weighted by molar-refractivity contribution is 5.99. The number of carbonyl (C=O) groups is 1. The molecule has 5 nitrogen and oxygen atoms in total. The molecule has 2 aromatic heterocycles. The molecule has 1 aliphatic carbocycles. The first-order valence-corrected chi connectivity index (χ1v) is 9.87. The lowest BCUT2D eigenvalue weighted by Gasteiger charge is -2.16.